The molecule has 2 rings (SSSR count). The molecule has 0 aliphatic heterocycles. The molecule has 0 spiro atoms. The second-order valence-corrected chi connectivity index (χ2v) is 4.58. The van der Waals surface area contributed by atoms with Crippen LogP contribution in [0.4, 0.5) is 0 Å². The lowest BCUT2D eigenvalue weighted by Gasteiger charge is -2.03. The first-order valence-corrected chi connectivity index (χ1v) is 6.50. The minimum atomic E-state index is -0.202. The molecule has 1 aromatic heterocycles. The largest absolute Gasteiger partial charge is 0.465 e. The molecule has 0 atom stereocenters. The highest BCUT2D eigenvalue weighted by Gasteiger charge is 2.04. The quantitative estimate of drug-likeness (QED) is 0.828. The number of hydrogen-bond acceptors (Lipinski definition) is 4. The highest BCUT2D eigenvalue weighted by atomic mass is 32.1. The van der Waals surface area contributed by atoms with Crippen molar-refractivity contribution in [1.29, 1.82) is 0 Å². The van der Waals surface area contributed by atoms with Crippen molar-refractivity contribution in [2.75, 3.05) is 13.2 Å². The maximum Gasteiger partial charge on any atom is 0.319 e. The Morgan fingerprint density at radius 3 is 3.06 bits per heavy atom. The normalized spacial score (nSPS) is 10.6. The second-order valence-electron chi connectivity index (χ2n) is 3.67. The van der Waals surface area contributed by atoms with Gasteiger partial charge in [-0.15, -0.1) is 11.3 Å². The number of thiophene rings is 1. The summed E-state index contributed by atoms with van der Waals surface area (Å²) < 4.78 is 6.13. The lowest BCUT2D eigenvalue weighted by atomic mass is 10.2. The van der Waals surface area contributed by atoms with Gasteiger partial charge in [-0.3, -0.25) is 4.79 Å². The zero-order valence-corrected chi connectivity index (χ0v) is 10.5. The number of carbonyl (C=O) groups excluding carboxylic acids is 1. The van der Waals surface area contributed by atoms with Crippen LogP contribution in [0, 0.1) is 0 Å². The Bertz CT molecular complexity index is 507. The Balaban J connectivity index is 1.93. The molecule has 0 radical (unpaired) electrons. The predicted molar refractivity (Wildman–Crippen MR) is 70.2 cm³/mol. The first-order valence-electron chi connectivity index (χ1n) is 5.62. The summed E-state index contributed by atoms with van der Waals surface area (Å²) in [6.45, 7) is 3.20. The number of benzene rings is 1. The molecular weight excluding hydrogens is 234 g/mol. The minimum absolute atomic E-state index is 0.202. The Kier molecular flexibility index (Phi) is 4.12. The lowest BCUT2D eigenvalue weighted by Crippen LogP contribution is -2.24. The SMILES string of the molecule is CCOC(=O)CNCc1csc2ccccc12. The van der Waals surface area contributed by atoms with E-state index in [-0.39, 0.29) is 12.5 Å². The molecule has 2 aromatic rings. The van der Waals surface area contributed by atoms with Crippen LogP contribution in [0.3, 0.4) is 0 Å². The molecule has 0 bridgehead atoms. The maximum atomic E-state index is 11.2. The molecule has 0 aliphatic carbocycles. The van der Waals surface area contributed by atoms with Gasteiger partial charge in [-0.1, -0.05) is 18.2 Å². The molecule has 0 saturated heterocycles. The molecule has 1 heterocycles. The van der Waals surface area contributed by atoms with Gasteiger partial charge in [-0.2, -0.15) is 0 Å². The first-order chi connectivity index (χ1) is 8.31. The van der Waals surface area contributed by atoms with Crippen LogP contribution >= 0.6 is 11.3 Å². The third kappa shape index (κ3) is 3.05. The Hall–Kier alpha value is -1.39. The van der Waals surface area contributed by atoms with Gasteiger partial charge >= 0.3 is 5.97 Å². The lowest BCUT2D eigenvalue weighted by molar-refractivity contribution is -0.142. The molecule has 90 valence electrons. The van der Waals surface area contributed by atoms with Crippen molar-refractivity contribution in [3.05, 3.63) is 35.2 Å². The molecule has 0 saturated carbocycles. The summed E-state index contributed by atoms with van der Waals surface area (Å²) in [5.74, 6) is -0.202. The number of rotatable bonds is 5. The number of ether oxygens (including phenoxy) is 1. The fourth-order valence-corrected chi connectivity index (χ4v) is 2.64. The highest BCUT2D eigenvalue weighted by molar-refractivity contribution is 7.17. The van der Waals surface area contributed by atoms with E-state index in [2.05, 4.69) is 22.8 Å². The zero-order valence-electron chi connectivity index (χ0n) is 9.73. The molecule has 1 N–H and O–H groups in total. The molecule has 0 aliphatic rings. The summed E-state index contributed by atoms with van der Waals surface area (Å²) in [4.78, 5) is 11.2. The molecule has 0 amide bonds. The van der Waals surface area contributed by atoms with E-state index in [1.54, 1.807) is 11.3 Å². The van der Waals surface area contributed by atoms with Crippen LogP contribution in [0.2, 0.25) is 0 Å². The third-order valence-corrected chi connectivity index (χ3v) is 3.46. The monoisotopic (exact) mass is 249 g/mol. The third-order valence-electron chi connectivity index (χ3n) is 2.45. The number of hydrogen-bond donors (Lipinski definition) is 1. The Morgan fingerprint density at radius 2 is 2.24 bits per heavy atom. The van der Waals surface area contributed by atoms with Gasteiger partial charge in [0.15, 0.2) is 0 Å². The fourth-order valence-electron chi connectivity index (χ4n) is 1.68. The van der Waals surface area contributed by atoms with Crippen LogP contribution in [0.15, 0.2) is 29.6 Å². The number of fused-ring (bicyclic) bond motifs is 1. The van der Waals surface area contributed by atoms with E-state index in [0.29, 0.717) is 13.2 Å². The van der Waals surface area contributed by atoms with Crippen molar-refractivity contribution in [3.8, 4) is 0 Å². The van der Waals surface area contributed by atoms with Gasteiger partial charge in [0.25, 0.3) is 0 Å². The Morgan fingerprint density at radius 1 is 1.41 bits per heavy atom. The number of nitrogens with one attached hydrogen (secondary N) is 1. The smallest absolute Gasteiger partial charge is 0.319 e. The standard InChI is InChI=1S/C13H15NO2S/c1-2-16-13(15)8-14-7-10-9-17-12-6-4-3-5-11(10)12/h3-6,9,14H,2,7-8H2,1H3. The van der Waals surface area contributed by atoms with E-state index in [4.69, 9.17) is 4.74 Å². The van der Waals surface area contributed by atoms with Crippen LogP contribution < -0.4 is 5.32 Å². The van der Waals surface area contributed by atoms with E-state index >= 15 is 0 Å². The molecule has 0 unspecified atom stereocenters. The van der Waals surface area contributed by atoms with E-state index < -0.39 is 0 Å². The second kappa shape index (κ2) is 5.80. The van der Waals surface area contributed by atoms with Gasteiger partial charge in [0.05, 0.1) is 13.2 Å². The van der Waals surface area contributed by atoms with Crippen molar-refractivity contribution in [3.63, 3.8) is 0 Å². The van der Waals surface area contributed by atoms with Crippen LogP contribution in [-0.4, -0.2) is 19.1 Å². The van der Waals surface area contributed by atoms with Crippen molar-refractivity contribution < 1.29 is 9.53 Å². The van der Waals surface area contributed by atoms with Gasteiger partial charge < -0.3 is 10.1 Å². The maximum absolute atomic E-state index is 11.2. The van der Waals surface area contributed by atoms with Gasteiger partial charge in [-0.25, -0.2) is 0 Å². The molecule has 1 aromatic carbocycles. The summed E-state index contributed by atoms with van der Waals surface area (Å²) >= 11 is 1.73. The average molecular weight is 249 g/mol. The minimum Gasteiger partial charge on any atom is -0.465 e. The Labute approximate surface area is 104 Å². The van der Waals surface area contributed by atoms with Crippen LogP contribution in [0.1, 0.15) is 12.5 Å². The van der Waals surface area contributed by atoms with Crippen LogP contribution in [0.5, 0.6) is 0 Å². The summed E-state index contributed by atoms with van der Waals surface area (Å²) in [6, 6.07) is 8.28. The fraction of sp³-hybridized carbons (Fsp3) is 0.308. The predicted octanol–water partition coefficient (Wildman–Crippen LogP) is 2.55. The molecular formula is C13H15NO2S. The van der Waals surface area contributed by atoms with E-state index in [0.717, 1.165) is 0 Å². The van der Waals surface area contributed by atoms with Crippen LogP contribution in [-0.2, 0) is 16.1 Å². The van der Waals surface area contributed by atoms with Gasteiger partial charge in [0.2, 0.25) is 0 Å². The van der Waals surface area contributed by atoms with Crippen LogP contribution in [0.25, 0.3) is 10.1 Å². The number of carbonyl (C=O) groups is 1. The summed E-state index contributed by atoms with van der Waals surface area (Å²) in [6.07, 6.45) is 0. The van der Waals surface area contributed by atoms with E-state index in [9.17, 15) is 4.79 Å². The number of esters is 1. The van der Waals surface area contributed by atoms with E-state index in [1.165, 1.54) is 15.6 Å². The summed E-state index contributed by atoms with van der Waals surface area (Å²) in [5, 5.41) is 6.48. The summed E-state index contributed by atoms with van der Waals surface area (Å²) in [5.41, 5.74) is 1.23. The van der Waals surface area contributed by atoms with Crippen molar-refractivity contribution in [2.24, 2.45) is 0 Å². The molecule has 4 heteroatoms. The zero-order chi connectivity index (χ0) is 12.1. The van der Waals surface area contributed by atoms with Gasteiger partial charge in [0, 0.05) is 11.2 Å². The molecule has 3 nitrogen and oxygen atoms in total. The van der Waals surface area contributed by atoms with Gasteiger partial charge in [0.1, 0.15) is 0 Å². The average Bonchev–Trinajstić information content (AvgIpc) is 2.73. The van der Waals surface area contributed by atoms with E-state index in [1.807, 2.05) is 19.1 Å². The topological polar surface area (TPSA) is 38.3 Å². The molecule has 0 fully saturated rings. The first kappa shape index (κ1) is 12.1. The van der Waals surface area contributed by atoms with Crippen molar-refractivity contribution in [2.45, 2.75) is 13.5 Å². The summed E-state index contributed by atoms with van der Waals surface area (Å²) in [7, 11) is 0. The highest BCUT2D eigenvalue weighted by Crippen LogP contribution is 2.25. The van der Waals surface area contributed by atoms with Gasteiger partial charge in [-0.05, 0) is 29.3 Å². The van der Waals surface area contributed by atoms with Crippen molar-refractivity contribution >= 4 is 27.4 Å². The molecule has 17 heavy (non-hydrogen) atoms. The van der Waals surface area contributed by atoms with Crippen molar-refractivity contribution in [1.82, 2.24) is 5.32 Å².